The number of rotatable bonds is 5. The van der Waals surface area contributed by atoms with Gasteiger partial charge in [-0.3, -0.25) is 4.68 Å². The van der Waals surface area contributed by atoms with E-state index in [2.05, 4.69) is 51.9 Å². The number of aromatic nitrogens is 2. The van der Waals surface area contributed by atoms with Crippen LogP contribution in [-0.2, 0) is 13.0 Å². The molecule has 5 unspecified atom stereocenters. The molecule has 0 amide bonds. The van der Waals surface area contributed by atoms with Gasteiger partial charge in [-0.2, -0.15) is 5.10 Å². The number of nitrogens with one attached hydrogen (secondary N) is 1. The van der Waals surface area contributed by atoms with Crippen LogP contribution < -0.4 is 5.32 Å². The molecule has 21 heavy (non-hydrogen) atoms. The van der Waals surface area contributed by atoms with Crippen LogP contribution in [0.5, 0.6) is 0 Å². The Labute approximate surface area is 136 Å². The van der Waals surface area contributed by atoms with Gasteiger partial charge >= 0.3 is 0 Å². The minimum atomic E-state index is 0.626. The van der Waals surface area contributed by atoms with Crippen molar-refractivity contribution in [3.8, 4) is 0 Å². The minimum Gasteiger partial charge on any atom is -0.316 e. The first-order valence-electron chi connectivity index (χ1n) is 8.54. The molecule has 1 aromatic heterocycles. The summed E-state index contributed by atoms with van der Waals surface area (Å²) in [6.45, 7) is 5.24. The Bertz CT molecular complexity index is 536. The fourth-order valence-electron chi connectivity index (χ4n) is 5.63. The summed E-state index contributed by atoms with van der Waals surface area (Å²) in [7, 11) is 2.15. The van der Waals surface area contributed by atoms with E-state index in [1.54, 1.807) is 0 Å². The summed E-state index contributed by atoms with van der Waals surface area (Å²) in [5, 5.41) is 8.29. The van der Waals surface area contributed by atoms with Gasteiger partial charge in [0.2, 0.25) is 0 Å². The summed E-state index contributed by atoms with van der Waals surface area (Å²) in [5.41, 5.74) is 2.50. The molecule has 0 aliphatic heterocycles. The van der Waals surface area contributed by atoms with E-state index in [0.717, 1.165) is 48.2 Å². The van der Waals surface area contributed by atoms with E-state index in [-0.39, 0.29) is 0 Å². The zero-order chi connectivity index (χ0) is 14.7. The molecule has 3 aliphatic carbocycles. The molecular formula is C17H26BrN3. The van der Waals surface area contributed by atoms with Crippen LogP contribution in [0, 0.1) is 36.5 Å². The Morgan fingerprint density at radius 3 is 2.57 bits per heavy atom. The summed E-state index contributed by atoms with van der Waals surface area (Å²) >= 11 is 3.76. The third-order valence-corrected chi connectivity index (χ3v) is 7.53. The minimum absolute atomic E-state index is 0.626. The lowest BCUT2D eigenvalue weighted by molar-refractivity contribution is 0.370. The van der Waals surface area contributed by atoms with Crippen LogP contribution in [0.4, 0.5) is 0 Å². The molecule has 0 radical (unpaired) electrons. The molecule has 1 heterocycles. The van der Waals surface area contributed by atoms with Crippen LogP contribution >= 0.6 is 15.9 Å². The Morgan fingerprint density at radius 1 is 1.33 bits per heavy atom. The molecule has 3 fully saturated rings. The first-order valence-corrected chi connectivity index (χ1v) is 9.34. The van der Waals surface area contributed by atoms with Gasteiger partial charge in [-0.05, 0) is 85.7 Å². The van der Waals surface area contributed by atoms with Gasteiger partial charge in [0.05, 0.1) is 15.9 Å². The summed E-state index contributed by atoms with van der Waals surface area (Å²) in [6.07, 6.45) is 5.67. The third kappa shape index (κ3) is 2.05. The van der Waals surface area contributed by atoms with Crippen molar-refractivity contribution in [3.63, 3.8) is 0 Å². The van der Waals surface area contributed by atoms with Gasteiger partial charge in [0.25, 0.3) is 0 Å². The highest BCUT2D eigenvalue weighted by Crippen LogP contribution is 2.70. The number of aryl methyl sites for hydroxylation is 2. The zero-order valence-electron chi connectivity index (χ0n) is 13.3. The van der Waals surface area contributed by atoms with E-state index in [1.807, 2.05) is 0 Å². The second-order valence-corrected chi connectivity index (χ2v) is 8.12. The number of likely N-dealkylation sites (N-methyl/N-ethyl adjacent to an activating group) is 1. The molecule has 0 aromatic carbocycles. The molecule has 3 saturated carbocycles. The molecular weight excluding hydrogens is 326 g/mol. The van der Waals surface area contributed by atoms with E-state index in [9.17, 15) is 0 Å². The maximum absolute atomic E-state index is 4.65. The summed E-state index contributed by atoms with van der Waals surface area (Å²) in [5.74, 6) is 5.12. The van der Waals surface area contributed by atoms with Gasteiger partial charge in [0.15, 0.2) is 0 Å². The lowest BCUT2D eigenvalue weighted by atomic mass is 9.95. The molecule has 4 rings (SSSR count). The van der Waals surface area contributed by atoms with Gasteiger partial charge in [-0.1, -0.05) is 0 Å². The maximum atomic E-state index is 4.65. The fraction of sp³-hybridized carbons (Fsp3) is 0.824. The van der Waals surface area contributed by atoms with Crippen molar-refractivity contribution in [1.82, 2.24) is 15.1 Å². The molecule has 5 atom stereocenters. The number of fused-ring (bicyclic) bond motifs is 5. The van der Waals surface area contributed by atoms with Gasteiger partial charge in [-0.15, -0.1) is 0 Å². The van der Waals surface area contributed by atoms with Gasteiger partial charge in [0.1, 0.15) is 0 Å². The van der Waals surface area contributed by atoms with Crippen molar-refractivity contribution in [2.24, 2.45) is 29.6 Å². The average molecular weight is 352 g/mol. The Kier molecular flexibility index (Phi) is 3.45. The SMILES string of the molecule is CCn1nc(C)c(Br)c1CC(NC)C1C2C3CCC(C3)C21. The normalized spacial score (nSPS) is 37.8. The highest BCUT2D eigenvalue weighted by molar-refractivity contribution is 9.10. The first kappa shape index (κ1) is 14.3. The molecule has 1 N–H and O–H groups in total. The zero-order valence-corrected chi connectivity index (χ0v) is 14.9. The Morgan fingerprint density at radius 2 is 2.00 bits per heavy atom. The topological polar surface area (TPSA) is 29.9 Å². The fourth-order valence-corrected chi connectivity index (χ4v) is 6.08. The Hall–Kier alpha value is -0.350. The van der Waals surface area contributed by atoms with Gasteiger partial charge in [-0.25, -0.2) is 0 Å². The predicted molar refractivity (Wildman–Crippen MR) is 88.2 cm³/mol. The molecule has 2 bridgehead atoms. The molecule has 116 valence electrons. The van der Waals surface area contributed by atoms with Crippen LogP contribution in [0.1, 0.15) is 37.6 Å². The van der Waals surface area contributed by atoms with Crippen molar-refractivity contribution in [2.75, 3.05) is 7.05 Å². The number of hydrogen-bond acceptors (Lipinski definition) is 2. The summed E-state index contributed by atoms with van der Waals surface area (Å²) in [6, 6.07) is 0.626. The maximum Gasteiger partial charge on any atom is 0.0738 e. The van der Waals surface area contributed by atoms with Gasteiger partial charge in [0, 0.05) is 19.0 Å². The average Bonchev–Trinajstić information content (AvgIpc) is 2.80. The summed E-state index contributed by atoms with van der Waals surface area (Å²) in [4.78, 5) is 0. The quantitative estimate of drug-likeness (QED) is 0.880. The van der Waals surface area contributed by atoms with Crippen molar-refractivity contribution in [2.45, 2.75) is 52.1 Å². The largest absolute Gasteiger partial charge is 0.316 e. The second kappa shape index (κ2) is 5.09. The first-order chi connectivity index (χ1) is 10.2. The number of nitrogens with zero attached hydrogens (tertiary/aromatic N) is 2. The van der Waals surface area contributed by atoms with E-state index in [1.165, 1.54) is 29.4 Å². The van der Waals surface area contributed by atoms with Crippen LogP contribution in [0.3, 0.4) is 0 Å². The van der Waals surface area contributed by atoms with Gasteiger partial charge < -0.3 is 5.32 Å². The lowest BCUT2D eigenvalue weighted by Gasteiger charge is -2.20. The molecule has 0 spiro atoms. The smallest absolute Gasteiger partial charge is 0.0738 e. The standard InChI is InChI=1S/C17H26BrN3/c1-4-21-13(17(18)9(2)20-21)8-12(19-3)16-14-10-5-6-11(7-10)15(14)16/h10-12,14-16,19H,4-8H2,1-3H3. The second-order valence-electron chi connectivity index (χ2n) is 7.33. The van der Waals surface area contributed by atoms with Crippen LogP contribution in [0.25, 0.3) is 0 Å². The molecule has 0 saturated heterocycles. The van der Waals surface area contributed by atoms with Crippen molar-refractivity contribution < 1.29 is 0 Å². The predicted octanol–water partition coefficient (Wildman–Crippen LogP) is 3.40. The monoisotopic (exact) mass is 351 g/mol. The lowest BCUT2D eigenvalue weighted by Crippen LogP contribution is -2.33. The van der Waals surface area contributed by atoms with E-state index in [4.69, 9.17) is 0 Å². The van der Waals surface area contributed by atoms with Crippen LogP contribution in [0.2, 0.25) is 0 Å². The van der Waals surface area contributed by atoms with Crippen LogP contribution in [0.15, 0.2) is 4.47 Å². The Balaban J connectivity index is 1.54. The summed E-state index contributed by atoms with van der Waals surface area (Å²) < 4.78 is 3.40. The van der Waals surface area contributed by atoms with Crippen LogP contribution in [-0.4, -0.2) is 22.9 Å². The molecule has 3 nitrogen and oxygen atoms in total. The molecule has 3 aliphatic rings. The van der Waals surface area contributed by atoms with E-state index < -0.39 is 0 Å². The van der Waals surface area contributed by atoms with E-state index in [0.29, 0.717) is 6.04 Å². The number of halogens is 1. The highest BCUT2D eigenvalue weighted by Gasteiger charge is 2.66. The van der Waals surface area contributed by atoms with E-state index >= 15 is 0 Å². The number of hydrogen-bond donors (Lipinski definition) is 1. The third-order valence-electron chi connectivity index (χ3n) is 6.50. The molecule has 4 heteroatoms. The highest BCUT2D eigenvalue weighted by atomic mass is 79.9. The van der Waals surface area contributed by atoms with Crippen molar-refractivity contribution >= 4 is 15.9 Å². The van der Waals surface area contributed by atoms with Crippen molar-refractivity contribution in [3.05, 3.63) is 15.9 Å². The molecule has 1 aromatic rings. The van der Waals surface area contributed by atoms with Crippen molar-refractivity contribution in [1.29, 1.82) is 0 Å².